The largest absolute Gasteiger partial charge is 0.364 e. The highest BCUT2D eigenvalue weighted by Crippen LogP contribution is 2.31. The molecule has 6 heteroatoms. The highest BCUT2D eigenvalue weighted by molar-refractivity contribution is 5.80. The van der Waals surface area contributed by atoms with Gasteiger partial charge in [0.05, 0.1) is 6.54 Å². The van der Waals surface area contributed by atoms with Crippen molar-refractivity contribution in [3.05, 3.63) is 53.9 Å². The Kier molecular flexibility index (Phi) is 5.72. The molecule has 0 aliphatic carbocycles. The van der Waals surface area contributed by atoms with E-state index in [0.29, 0.717) is 18.5 Å². The Hall–Kier alpha value is -2.34. The first-order valence-corrected chi connectivity index (χ1v) is 9.96. The van der Waals surface area contributed by atoms with Gasteiger partial charge in [-0.05, 0) is 37.3 Å². The number of hydrogen-bond donors (Lipinski definition) is 1. The lowest BCUT2D eigenvalue weighted by Crippen LogP contribution is -2.56. The van der Waals surface area contributed by atoms with Gasteiger partial charge in [-0.1, -0.05) is 35.5 Å². The second-order valence-corrected chi connectivity index (χ2v) is 7.55. The van der Waals surface area contributed by atoms with Gasteiger partial charge in [0.25, 0.3) is 0 Å². The number of nitrogens with zero attached hydrogens (tertiary/aromatic N) is 4. The summed E-state index contributed by atoms with van der Waals surface area (Å²) in [6, 6.07) is 13.4. The minimum absolute atomic E-state index is 0.647. The Morgan fingerprint density at radius 3 is 2.89 bits per heavy atom. The number of benzene rings is 1. The van der Waals surface area contributed by atoms with Crippen LogP contribution in [0.1, 0.15) is 30.5 Å². The first-order chi connectivity index (χ1) is 13.3. The predicted octanol–water partition coefficient (Wildman–Crippen LogP) is 2.74. The Balaban J connectivity index is 1.36. The molecule has 4 rings (SSSR count). The van der Waals surface area contributed by atoms with Gasteiger partial charge in [0, 0.05) is 38.8 Å². The minimum Gasteiger partial charge on any atom is -0.364 e. The molecule has 1 aromatic carbocycles. The molecule has 1 aromatic heterocycles. The normalized spacial score (nSPS) is 23.9. The van der Waals surface area contributed by atoms with Crippen LogP contribution in [0.2, 0.25) is 0 Å². The molecular formula is C21H29N5O. The van der Waals surface area contributed by atoms with Crippen LogP contribution in [0, 0.1) is 5.92 Å². The lowest BCUT2D eigenvalue weighted by atomic mass is 9.83. The average molecular weight is 367 g/mol. The van der Waals surface area contributed by atoms with Gasteiger partial charge >= 0.3 is 0 Å². The molecular weight excluding hydrogens is 338 g/mol. The van der Waals surface area contributed by atoms with Crippen LogP contribution in [0.3, 0.4) is 0 Å². The van der Waals surface area contributed by atoms with E-state index >= 15 is 0 Å². The Labute approximate surface area is 161 Å². The summed E-state index contributed by atoms with van der Waals surface area (Å²) in [6.45, 7) is 5.06. The van der Waals surface area contributed by atoms with Crippen molar-refractivity contribution in [3.8, 4) is 0 Å². The van der Waals surface area contributed by atoms with Crippen LogP contribution in [0.5, 0.6) is 0 Å². The number of aliphatic imine (C=N–C) groups is 1. The fourth-order valence-electron chi connectivity index (χ4n) is 4.54. The molecule has 0 bridgehead atoms. The van der Waals surface area contributed by atoms with Crippen molar-refractivity contribution in [1.82, 2.24) is 20.3 Å². The van der Waals surface area contributed by atoms with E-state index in [9.17, 15) is 0 Å². The van der Waals surface area contributed by atoms with E-state index in [-0.39, 0.29) is 0 Å². The standard InChI is InChI=1S/C21H29N5O/c1-22-21(23-14-19-10-13-27-24-19)26-12-9-20-18(16-26)8-5-11-25(20)15-17-6-3-2-4-7-17/h2-4,6-7,10,13,18,20H,5,8-9,11-12,14-16H2,1H3,(H,22,23). The third-order valence-electron chi connectivity index (χ3n) is 5.84. The van der Waals surface area contributed by atoms with Crippen LogP contribution >= 0.6 is 0 Å². The Morgan fingerprint density at radius 1 is 1.22 bits per heavy atom. The van der Waals surface area contributed by atoms with Gasteiger partial charge < -0.3 is 14.7 Å². The lowest BCUT2D eigenvalue weighted by Gasteiger charge is -2.48. The zero-order valence-corrected chi connectivity index (χ0v) is 16.1. The molecule has 2 aliphatic rings. The number of likely N-dealkylation sites (tertiary alicyclic amines) is 2. The second-order valence-electron chi connectivity index (χ2n) is 7.55. The number of guanidine groups is 1. The molecule has 0 saturated carbocycles. The molecule has 2 saturated heterocycles. The van der Waals surface area contributed by atoms with E-state index in [0.717, 1.165) is 31.3 Å². The highest BCUT2D eigenvalue weighted by atomic mass is 16.5. The van der Waals surface area contributed by atoms with Crippen molar-refractivity contribution in [3.63, 3.8) is 0 Å². The molecule has 0 radical (unpaired) electrons. The monoisotopic (exact) mass is 367 g/mol. The summed E-state index contributed by atoms with van der Waals surface area (Å²) >= 11 is 0. The van der Waals surface area contributed by atoms with Crippen LogP contribution in [0.4, 0.5) is 0 Å². The van der Waals surface area contributed by atoms with Crippen LogP contribution in [0.25, 0.3) is 0 Å². The average Bonchev–Trinajstić information content (AvgIpc) is 3.23. The predicted molar refractivity (Wildman–Crippen MR) is 106 cm³/mol. The quantitative estimate of drug-likeness (QED) is 0.665. The van der Waals surface area contributed by atoms with Crippen LogP contribution in [0.15, 0.2) is 52.2 Å². The molecule has 0 spiro atoms. The van der Waals surface area contributed by atoms with E-state index in [4.69, 9.17) is 4.52 Å². The third-order valence-corrected chi connectivity index (χ3v) is 5.84. The number of hydrogen-bond acceptors (Lipinski definition) is 4. The third kappa shape index (κ3) is 4.33. The van der Waals surface area contributed by atoms with Crippen molar-refractivity contribution in [2.75, 3.05) is 26.7 Å². The summed E-state index contributed by atoms with van der Waals surface area (Å²) in [7, 11) is 1.86. The van der Waals surface area contributed by atoms with Crippen molar-refractivity contribution < 1.29 is 4.52 Å². The fraction of sp³-hybridized carbons (Fsp3) is 0.524. The van der Waals surface area contributed by atoms with Gasteiger partial charge in [0.1, 0.15) is 12.0 Å². The van der Waals surface area contributed by atoms with Crippen LogP contribution in [-0.4, -0.2) is 53.6 Å². The lowest BCUT2D eigenvalue weighted by molar-refractivity contribution is 0.0372. The number of fused-ring (bicyclic) bond motifs is 1. The minimum atomic E-state index is 0.647. The van der Waals surface area contributed by atoms with Gasteiger partial charge in [0.2, 0.25) is 0 Å². The number of aromatic nitrogens is 1. The van der Waals surface area contributed by atoms with E-state index in [1.165, 1.54) is 31.4 Å². The molecule has 0 amide bonds. The Morgan fingerprint density at radius 2 is 2.11 bits per heavy atom. The molecule has 6 nitrogen and oxygen atoms in total. The van der Waals surface area contributed by atoms with Crippen LogP contribution in [-0.2, 0) is 13.1 Å². The first-order valence-electron chi connectivity index (χ1n) is 9.96. The van der Waals surface area contributed by atoms with Gasteiger partial charge in [-0.2, -0.15) is 0 Å². The highest BCUT2D eigenvalue weighted by Gasteiger charge is 2.36. The zero-order valence-electron chi connectivity index (χ0n) is 16.1. The molecule has 2 aliphatic heterocycles. The molecule has 3 heterocycles. The molecule has 27 heavy (non-hydrogen) atoms. The van der Waals surface area contributed by atoms with E-state index in [2.05, 4.69) is 55.6 Å². The van der Waals surface area contributed by atoms with Gasteiger partial charge in [-0.15, -0.1) is 0 Å². The van der Waals surface area contributed by atoms with Gasteiger partial charge in [-0.25, -0.2) is 0 Å². The smallest absolute Gasteiger partial charge is 0.193 e. The van der Waals surface area contributed by atoms with Gasteiger partial charge in [0.15, 0.2) is 5.96 Å². The van der Waals surface area contributed by atoms with E-state index in [1.807, 2.05) is 13.1 Å². The fourth-order valence-corrected chi connectivity index (χ4v) is 4.54. The van der Waals surface area contributed by atoms with Gasteiger partial charge in [-0.3, -0.25) is 9.89 Å². The van der Waals surface area contributed by atoms with E-state index < -0.39 is 0 Å². The molecule has 2 aromatic rings. The second kappa shape index (κ2) is 8.57. The summed E-state index contributed by atoms with van der Waals surface area (Å²) in [4.78, 5) is 9.61. The topological polar surface area (TPSA) is 56.9 Å². The maximum Gasteiger partial charge on any atom is 0.193 e. The Bertz CT molecular complexity index is 730. The van der Waals surface area contributed by atoms with Crippen LogP contribution < -0.4 is 5.32 Å². The summed E-state index contributed by atoms with van der Waals surface area (Å²) in [6.07, 6.45) is 5.40. The summed E-state index contributed by atoms with van der Waals surface area (Å²) < 4.78 is 4.91. The van der Waals surface area contributed by atoms with E-state index in [1.54, 1.807) is 6.26 Å². The summed E-state index contributed by atoms with van der Waals surface area (Å²) in [5.41, 5.74) is 2.32. The maximum absolute atomic E-state index is 4.91. The van der Waals surface area contributed by atoms with Crippen molar-refractivity contribution in [1.29, 1.82) is 0 Å². The number of nitrogens with one attached hydrogen (secondary N) is 1. The maximum atomic E-state index is 4.91. The number of rotatable bonds is 4. The zero-order chi connectivity index (χ0) is 18.5. The summed E-state index contributed by atoms with van der Waals surface area (Å²) in [5, 5.41) is 7.39. The first kappa shape index (κ1) is 18.0. The molecule has 2 unspecified atom stereocenters. The van der Waals surface area contributed by atoms with Crippen molar-refractivity contribution in [2.45, 2.75) is 38.4 Å². The molecule has 1 N–H and O–H groups in total. The molecule has 2 fully saturated rings. The number of piperidine rings is 2. The summed E-state index contributed by atoms with van der Waals surface area (Å²) in [5.74, 6) is 1.68. The molecule has 2 atom stereocenters. The van der Waals surface area contributed by atoms with Crippen molar-refractivity contribution in [2.24, 2.45) is 10.9 Å². The molecule has 144 valence electrons. The van der Waals surface area contributed by atoms with Crippen molar-refractivity contribution >= 4 is 5.96 Å². The SMILES string of the molecule is CN=C(NCc1ccon1)N1CCC2C(CCCN2Cc2ccccc2)C1.